The maximum absolute atomic E-state index is 11.6. The zero-order valence-electron chi connectivity index (χ0n) is 10.5. The second-order valence-corrected chi connectivity index (χ2v) is 4.49. The summed E-state index contributed by atoms with van der Waals surface area (Å²) in [5.74, 6) is 0.0125. The smallest absolute Gasteiger partial charge is 0.223 e. The SMILES string of the molecule is CCc1cc(C)nc2c1N(C(C)=O)CCC2O. The van der Waals surface area contributed by atoms with Gasteiger partial charge in [-0.25, -0.2) is 0 Å². The van der Waals surface area contributed by atoms with Gasteiger partial charge in [0.15, 0.2) is 0 Å². The van der Waals surface area contributed by atoms with E-state index in [0.717, 1.165) is 23.4 Å². The van der Waals surface area contributed by atoms with E-state index in [1.165, 1.54) is 0 Å². The molecule has 92 valence electrons. The van der Waals surface area contributed by atoms with Crippen LogP contribution in [-0.4, -0.2) is 22.5 Å². The number of carbonyl (C=O) groups excluding carboxylic acids is 1. The van der Waals surface area contributed by atoms with E-state index in [2.05, 4.69) is 4.98 Å². The third kappa shape index (κ3) is 2.05. The van der Waals surface area contributed by atoms with Gasteiger partial charge in [-0.15, -0.1) is 0 Å². The fourth-order valence-corrected chi connectivity index (χ4v) is 2.39. The van der Waals surface area contributed by atoms with Crippen LogP contribution in [0, 0.1) is 6.92 Å². The van der Waals surface area contributed by atoms with Crippen LogP contribution < -0.4 is 4.90 Å². The molecule has 1 aliphatic rings. The first-order chi connectivity index (χ1) is 8.04. The van der Waals surface area contributed by atoms with Crippen LogP contribution in [0.2, 0.25) is 0 Å². The highest BCUT2D eigenvalue weighted by molar-refractivity contribution is 5.93. The van der Waals surface area contributed by atoms with Gasteiger partial charge in [0.05, 0.1) is 17.5 Å². The Labute approximate surface area is 101 Å². The van der Waals surface area contributed by atoms with E-state index >= 15 is 0 Å². The average molecular weight is 234 g/mol. The predicted molar refractivity (Wildman–Crippen MR) is 66.0 cm³/mol. The summed E-state index contributed by atoms with van der Waals surface area (Å²) >= 11 is 0. The van der Waals surface area contributed by atoms with Crippen molar-refractivity contribution in [3.8, 4) is 0 Å². The Bertz CT molecular complexity index is 457. The third-order valence-electron chi connectivity index (χ3n) is 3.20. The van der Waals surface area contributed by atoms with Crippen LogP contribution in [0.15, 0.2) is 6.07 Å². The molecule has 2 heterocycles. The van der Waals surface area contributed by atoms with Crippen LogP contribution in [0.25, 0.3) is 0 Å². The number of anilines is 1. The van der Waals surface area contributed by atoms with Gasteiger partial charge in [-0.3, -0.25) is 9.78 Å². The van der Waals surface area contributed by atoms with Gasteiger partial charge >= 0.3 is 0 Å². The first kappa shape index (κ1) is 12.0. The number of carbonyl (C=O) groups is 1. The summed E-state index contributed by atoms with van der Waals surface area (Å²) in [4.78, 5) is 17.8. The number of hydrogen-bond donors (Lipinski definition) is 1. The highest BCUT2D eigenvalue weighted by atomic mass is 16.3. The number of pyridine rings is 1. The van der Waals surface area contributed by atoms with Gasteiger partial charge in [-0.1, -0.05) is 6.92 Å². The lowest BCUT2D eigenvalue weighted by Crippen LogP contribution is -2.36. The summed E-state index contributed by atoms with van der Waals surface area (Å²) < 4.78 is 0. The number of aromatic nitrogens is 1. The maximum Gasteiger partial charge on any atom is 0.223 e. The van der Waals surface area contributed by atoms with Crippen molar-refractivity contribution in [2.45, 2.75) is 39.7 Å². The molecule has 17 heavy (non-hydrogen) atoms. The molecule has 0 aliphatic carbocycles. The number of hydrogen-bond acceptors (Lipinski definition) is 3. The summed E-state index contributed by atoms with van der Waals surface area (Å²) in [5, 5.41) is 10.0. The molecule has 1 aromatic rings. The number of aliphatic hydroxyl groups is 1. The summed E-state index contributed by atoms with van der Waals surface area (Å²) in [6.07, 6.45) is 0.847. The van der Waals surface area contributed by atoms with E-state index in [-0.39, 0.29) is 5.91 Å². The summed E-state index contributed by atoms with van der Waals surface area (Å²) in [6.45, 7) is 6.09. The monoisotopic (exact) mass is 234 g/mol. The average Bonchev–Trinajstić information content (AvgIpc) is 2.29. The van der Waals surface area contributed by atoms with Crippen molar-refractivity contribution in [1.29, 1.82) is 0 Å². The standard InChI is InChI=1S/C13H18N2O2/c1-4-10-7-8(2)14-12-11(17)5-6-15(9(3)16)13(10)12/h7,11,17H,4-6H2,1-3H3. The molecule has 4 nitrogen and oxygen atoms in total. The molecule has 1 atom stereocenters. The molecular weight excluding hydrogens is 216 g/mol. The van der Waals surface area contributed by atoms with E-state index in [9.17, 15) is 9.90 Å². The first-order valence-electron chi connectivity index (χ1n) is 6.01. The van der Waals surface area contributed by atoms with Gasteiger partial charge in [0.2, 0.25) is 5.91 Å². The van der Waals surface area contributed by atoms with Gasteiger partial charge in [0, 0.05) is 19.2 Å². The number of fused-ring (bicyclic) bond motifs is 1. The minimum Gasteiger partial charge on any atom is -0.387 e. The molecule has 1 unspecified atom stereocenters. The van der Waals surface area contributed by atoms with Crippen LogP contribution in [0.1, 0.15) is 43.3 Å². The Morgan fingerprint density at radius 2 is 2.35 bits per heavy atom. The Balaban J connectivity index is 2.62. The van der Waals surface area contributed by atoms with Crippen molar-refractivity contribution in [3.05, 3.63) is 23.0 Å². The lowest BCUT2D eigenvalue weighted by Gasteiger charge is -2.32. The fourth-order valence-electron chi connectivity index (χ4n) is 2.39. The number of amides is 1. The predicted octanol–water partition coefficient (Wildman–Crippen LogP) is 1.74. The van der Waals surface area contributed by atoms with E-state index in [4.69, 9.17) is 0 Å². The number of nitrogens with zero attached hydrogens (tertiary/aromatic N) is 2. The first-order valence-corrected chi connectivity index (χ1v) is 6.01. The maximum atomic E-state index is 11.6. The Morgan fingerprint density at radius 3 is 2.94 bits per heavy atom. The van der Waals surface area contributed by atoms with Gasteiger partial charge < -0.3 is 10.0 Å². The van der Waals surface area contributed by atoms with E-state index in [1.54, 1.807) is 11.8 Å². The number of aryl methyl sites for hydroxylation is 2. The molecule has 1 aromatic heterocycles. The lowest BCUT2D eigenvalue weighted by molar-refractivity contribution is -0.116. The van der Waals surface area contributed by atoms with Crippen molar-refractivity contribution >= 4 is 11.6 Å². The fraction of sp³-hybridized carbons (Fsp3) is 0.538. The van der Waals surface area contributed by atoms with Gasteiger partial charge in [0.1, 0.15) is 0 Å². The summed E-state index contributed by atoms with van der Waals surface area (Å²) in [5.41, 5.74) is 3.46. The summed E-state index contributed by atoms with van der Waals surface area (Å²) in [6, 6.07) is 1.99. The molecule has 2 rings (SSSR count). The largest absolute Gasteiger partial charge is 0.387 e. The number of aliphatic hydroxyl groups excluding tert-OH is 1. The second-order valence-electron chi connectivity index (χ2n) is 4.49. The molecule has 0 aromatic carbocycles. The van der Waals surface area contributed by atoms with Crippen molar-refractivity contribution in [2.24, 2.45) is 0 Å². The molecule has 0 saturated carbocycles. The molecule has 0 saturated heterocycles. The Kier molecular flexibility index (Phi) is 3.15. The van der Waals surface area contributed by atoms with Crippen LogP contribution in [0.3, 0.4) is 0 Å². The zero-order valence-corrected chi connectivity index (χ0v) is 10.5. The molecule has 0 fully saturated rings. The molecular formula is C13H18N2O2. The van der Waals surface area contributed by atoms with Crippen LogP contribution in [0.4, 0.5) is 5.69 Å². The normalized spacial score (nSPS) is 19.1. The lowest BCUT2D eigenvalue weighted by atomic mass is 9.98. The molecule has 0 spiro atoms. The summed E-state index contributed by atoms with van der Waals surface area (Å²) in [7, 11) is 0. The third-order valence-corrected chi connectivity index (χ3v) is 3.20. The zero-order chi connectivity index (χ0) is 12.6. The van der Waals surface area contributed by atoms with E-state index in [0.29, 0.717) is 18.7 Å². The Morgan fingerprint density at radius 1 is 1.65 bits per heavy atom. The van der Waals surface area contributed by atoms with Gasteiger partial charge in [0.25, 0.3) is 0 Å². The highest BCUT2D eigenvalue weighted by Crippen LogP contribution is 2.35. The molecule has 1 N–H and O–H groups in total. The molecule has 4 heteroatoms. The molecule has 0 radical (unpaired) electrons. The topological polar surface area (TPSA) is 53.4 Å². The highest BCUT2D eigenvalue weighted by Gasteiger charge is 2.29. The van der Waals surface area contributed by atoms with Gasteiger partial charge in [-0.05, 0) is 31.4 Å². The number of rotatable bonds is 1. The second kappa shape index (κ2) is 4.45. The van der Waals surface area contributed by atoms with Crippen LogP contribution in [-0.2, 0) is 11.2 Å². The van der Waals surface area contributed by atoms with E-state index < -0.39 is 6.10 Å². The molecule has 1 aliphatic heterocycles. The Hall–Kier alpha value is -1.42. The van der Waals surface area contributed by atoms with E-state index in [1.807, 2.05) is 19.9 Å². The van der Waals surface area contributed by atoms with Crippen LogP contribution in [0.5, 0.6) is 0 Å². The van der Waals surface area contributed by atoms with Crippen molar-refractivity contribution in [1.82, 2.24) is 4.98 Å². The van der Waals surface area contributed by atoms with Crippen LogP contribution >= 0.6 is 0 Å². The quantitative estimate of drug-likeness (QED) is 0.805. The van der Waals surface area contributed by atoms with Gasteiger partial charge in [-0.2, -0.15) is 0 Å². The minimum absolute atomic E-state index is 0.0125. The molecule has 0 bridgehead atoms. The molecule has 1 amide bonds. The van der Waals surface area contributed by atoms with Crippen molar-refractivity contribution in [3.63, 3.8) is 0 Å². The minimum atomic E-state index is -0.550. The van der Waals surface area contributed by atoms with Crippen molar-refractivity contribution < 1.29 is 9.90 Å². The van der Waals surface area contributed by atoms with Crippen molar-refractivity contribution in [2.75, 3.05) is 11.4 Å².